The van der Waals surface area contributed by atoms with Gasteiger partial charge < -0.3 is 10.7 Å². The van der Waals surface area contributed by atoms with Crippen LogP contribution < -0.4 is 15.9 Å². The van der Waals surface area contributed by atoms with Crippen molar-refractivity contribution >= 4 is 55.1 Å². The predicted octanol–water partition coefficient (Wildman–Crippen LogP) is 9.85. The average Bonchev–Trinajstić information content (AvgIpc) is 3.76. The Kier molecular flexibility index (Phi) is 16.4. The van der Waals surface area contributed by atoms with E-state index in [1.54, 1.807) is 91.0 Å². The maximum Gasteiger partial charge on any atom is 0.206 e. The number of ether oxygens (including phenoxy) is 1. The van der Waals surface area contributed by atoms with Gasteiger partial charge in [-0.3, -0.25) is 10.7 Å². The second-order valence-corrected chi connectivity index (χ2v) is 21.4. The van der Waals surface area contributed by atoms with E-state index in [0.717, 1.165) is 11.1 Å². The number of sulfone groups is 2. The van der Waals surface area contributed by atoms with Crippen LogP contribution in [-0.4, -0.2) is 27.9 Å². The van der Waals surface area contributed by atoms with Crippen molar-refractivity contribution in [3.63, 3.8) is 0 Å². The number of carbonyl (C=O) groups excluding carboxylic acids is 1. The van der Waals surface area contributed by atoms with Gasteiger partial charge in [0.1, 0.15) is 26.9 Å². The molecule has 8 rings (SSSR count). The van der Waals surface area contributed by atoms with Crippen molar-refractivity contribution in [1.29, 1.82) is 0 Å². The number of hydrogen-bond acceptors (Lipinski definition) is 6. The maximum atomic E-state index is 13.7. The van der Waals surface area contributed by atoms with Gasteiger partial charge >= 0.3 is 0 Å². The van der Waals surface area contributed by atoms with E-state index >= 15 is 0 Å². The van der Waals surface area contributed by atoms with Gasteiger partial charge in [-0.25, -0.2) is 16.8 Å². The van der Waals surface area contributed by atoms with Gasteiger partial charge in [-0.05, 0) is 74.5 Å². The molecule has 324 valence electrons. The molecule has 10 heteroatoms. The normalized spacial score (nSPS) is 13.4. The molecule has 0 saturated heterocycles. The quantitative estimate of drug-likeness (QED) is 0.0422. The molecule has 1 aliphatic heterocycles. The van der Waals surface area contributed by atoms with Crippen LogP contribution in [0.2, 0.25) is 0 Å². The largest absolute Gasteiger partial charge is 0.479 e. The number of hydrogen-bond donors (Lipinski definition) is 0. The summed E-state index contributed by atoms with van der Waals surface area (Å²) in [6.45, 7) is 3.72. The minimum Gasteiger partial charge on any atom is -0.479 e. The molecule has 1 atom stereocenters. The molecule has 0 amide bonds. The van der Waals surface area contributed by atoms with Gasteiger partial charge in [0.2, 0.25) is 9.84 Å². The van der Waals surface area contributed by atoms with Crippen molar-refractivity contribution < 1.29 is 46.8 Å². The second-order valence-electron chi connectivity index (χ2n) is 14.8. The molecule has 0 fully saturated rings. The molecular formula is C54H45O6PPdS2. The van der Waals surface area contributed by atoms with E-state index in [1.807, 2.05) is 19.9 Å². The van der Waals surface area contributed by atoms with E-state index in [2.05, 4.69) is 109 Å². The average molecular weight is 991 g/mol. The van der Waals surface area contributed by atoms with Gasteiger partial charge in [0.05, 0.1) is 22.6 Å². The number of ketones is 1. The SMILES string of the molecule is Cc1ccc(S(=O)(=O)C2=C(c3ccccc3)OC(=[C-]C#CC[C@@H](C(=O)c3ccccc3)S(=O)(=O)c3ccc(C)cc3)C2)cc1.[Pd].c1ccc([PH+](c2ccccc2)c2ccccc2)cc1. The third kappa shape index (κ3) is 11.6. The first-order valence-electron chi connectivity index (χ1n) is 20.3. The van der Waals surface area contributed by atoms with Crippen LogP contribution in [0.25, 0.3) is 5.76 Å². The Morgan fingerprint density at radius 2 is 1.02 bits per heavy atom. The zero-order chi connectivity index (χ0) is 44.2. The van der Waals surface area contributed by atoms with Crippen LogP contribution in [0.15, 0.2) is 221 Å². The molecule has 0 unspecified atom stereocenters. The first-order valence-corrected chi connectivity index (χ1v) is 24.9. The summed E-state index contributed by atoms with van der Waals surface area (Å²) < 4.78 is 60.5. The van der Waals surface area contributed by atoms with Gasteiger partial charge in [0.25, 0.3) is 0 Å². The summed E-state index contributed by atoms with van der Waals surface area (Å²) in [6, 6.07) is 62.5. The van der Waals surface area contributed by atoms with Gasteiger partial charge in [-0.2, -0.15) is 6.08 Å². The van der Waals surface area contributed by atoms with Gasteiger partial charge in [0.15, 0.2) is 15.6 Å². The van der Waals surface area contributed by atoms with Crippen molar-refractivity contribution in [3.05, 3.63) is 239 Å². The Morgan fingerprint density at radius 1 is 0.594 bits per heavy atom. The van der Waals surface area contributed by atoms with Gasteiger partial charge in [0, 0.05) is 43.7 Å². The third-order valence-corrected chi connectivity index (χ3v) is 17.0. The molecule has 0 bridgehead atoms. The van der Waals surface area contributed by atoms with E-state index in [1.165, 1.54) is 28.0 Å². The predicted molar refractivity (Wildman–Crippen MR) is 256 cm³/mol. The summed E-state index contributed by atoms with van der Waals surface area (Å²) in [5.74, 6) is 5.25. The fourth-order valence-electron chi connectivity index (χ4n) is 6.99. The minimum absolute atomic E-state index is 0. The molecule has 64 heavy (non-hydrogen) atoms. The molecule has 1 aliphatic rings. The van der Waals surface area contributed by atoms with Crippen molar-refractivity contribution in [2.75, 3.05) is 0 Å². The van der Waals surface area contributed by atoms with E-state index in [4.69, 9.17) is 4.74 Å². The van der Waals surface area contributed by atoms with Gasteiger partial charge in [-0.15, -0.1) is 0 Å². The van der Waals surface area contributed by atoms with Crippen molar-refractivity contribution in [1.82, 2.24) is 0 Å². The Morgan fingerprint density at radius 3 is 1.48 bits per heavy atom. The topological polar surface area (TPSA) is 94.6 Å². The molecule has 0 N–H and O–H groups in total. The van der Waals surface area contributed by atoms with E-state index in [9.17, 15) is 21.6 Å². The van der Waals surface area contributed by atoms with Crippen LogP contribution in [0.3, 0.4) is 0 Å². The molecule has 6 nitrogen and oxygen atoms in total. The molecule has 1 heterocycles. The zero-order valence-electron chi connectivity index (χ0n) is 35.1. The first kappa shape index (κ1) is 47.5. The van der Waals surface area contributed by atoms with Crippen LogP contribution in [0.1, 0.15) is 39.9 Å². The Bertz CT molecular complexity index is 2910. The Balaban J connectivity index is 0.000000283. The number of allylic oxidation sites excluding steroid dienone is 2. The van der Waals surface area contributed by atoms with Crippen LogP contribution in [0, 0.1) is 31.8 Å². The monoisotopic (exact) mass is 990 g/mol. The Labute approximate surface area is 392 Å². The fraction of sp³-hybridized carbons (Fsp3) is 0.0926. The molecule has 0 aromatic heterocycles. The number of aryl methyl sites for hydroxylation is 2. The Hall–Kier alpha value is -5.96. The van der Waals surface area contributed by atoms with Crippen molar-refractivity contribution in [2.45, 2.75) is 41.7 Å². The standard InChI is InChI=1S/C36H29O6S2.C18H15P.Pd/c1-26-17-21-31(22-18-26)43(38,39)33(35(37)28-11-5-3-6-12-28)16-10-9-15-30-25-34(36(42-30)29-13-7-4-8-14-29)44(40,41)32-23-19-27(2)20-24-32;1-4-10-16(11-5-1)19(17-12-6-2-7-13-17)18-14-8-3-9-15-18;/h3-8,11-14,17-24,33H,16,25H2,1-2H3;1-15H;/q-1;;/p+1/t33-;;/m0../s1. The van der Waals surface area contributed by atoms with Crippen molar-refractivity contribution in [3.8, 4) is 11.8 Å². The molecule has 0 spiro atoms. The molecule has 0 saturated carbocycles. The first-order chi connectivity index (χ1) is 30.5. The summed E-state index contributed by atoms with van der Waals surface area (Å²) in [5.41, 5.74) is 2.67. The van der Waals surface area contributed by atoms with Crippen LogP contribution in [-0.2, 0) is 44.8 Å². The van der Waals surface area contributed by atoms with Crippen LogP contribution in [0.5, 0.6) is 0 Å². The molecule has 7 aromatic rings. The number of carbonyl (C=O) groups is 1. The minimum atomic E-state index is -4.08. The molecular weight excluding hydrogens is 946 g/mol. The molecule has 0 radical (unpaired) electrons. The number of Topliss-reactive ketones (excluding diaryl/α,β-unsaturated/α-hetero) is 1. The number of rotatable bonds is 11. The summed E-state index contributed by atoms with van der Waals surface area (Å²) in [5, 5.41) is 2.85. The smallest absolute Gasteiger partial charge is 0.206 e. The summed E-state index contributed by atoms with van der Waals surface area (Å²) in [4.78, 5) is 13.7. The number of benzene rings is 7. The van der Waals surface area contributed by atoms with Crippen LogP contribution in [0.4, 0.5) is 0 Å². The fourth-order valence-corrected chi connectivity index (χ4v) is 12.6. The van der Waals surface area contributed by atoms with E-state index < -0.39 is 38.6 Å². The van der Waals surface area contributed by atoms with E-state index in [-0.39, 0.29) is 65.0 Å². The van der Waals surface area contributed by atoms with Crippen molar-refractivity contribution in [2.24, 2.45) is 0 Å². The third-order valence-electron chi connectivity index (χ3n) is 10.3. The van der Waals surface area contributed by atoms with E-state index in [0.29, 0.717) is 5.56 Å². The van der Waals surface area contributed by atoms with Crippen LogP contribution >= 0.6 is 7.92 Å². The second kappa shape index (κ2) is 22.1. The maximum absolute atomic E-state index is 13.7. The van der Waals surface area contributed by atoms with Gasteiger partial charge in [-0.1, -0.05) is 157 Å². The molecule has 0 aliphatic carbocycles. The molecule has 7 aromatic carbocycles. The summed E-state index contributed by atoms with van der Waals surface area (Å²) >= 11 is 0. The summed E-state index contributed by atoms with van der Waals surface area (Å²) in [6.07, 6.45) is 2.42. The summed E-state index contributed by atoms with van der Waals surface area (Å²) in [7, 11) is -8.86. The zero-order valence-corrected chi connectivity index (χ0v) is 39.3.